The topological polar surface area (TPSA) is 112 Å². The van der Waals surface area contributed by atoms with Gasteiger partial charge in [-0.3, -0.25) is 9.36 Å². The van der Waals surface area contributed by atoms with E-state index in [0.717, 1.165) is 5.69 Å². The van der Waals surface area contributed by atoms with Gasteiger partial charge in [-0.25, -0.2) is 4.98 Å². The molecule has 9 heteroatoms. The molecular weight excluding hydrogens is 366 g/mol. The molecule has 27 heavy (non-hydrogen) atoms. The molecule has 0 unspecified atom stereocenters. The minimum atomic E-state index is -0.174. The van der Waals surface area contributed by atoms with Crippen LogP contribution >= 0.6 is 11.6 Å². The molecule has 2 aromatic carbocycles. The van der Waals surface area contributed by atoms with Crippen molar-refractivity contribution in [3.05, 3.63) is 76.1 Å². The molecule has 2 heterocycles. The molecule has 0 fully saturated rings. The minimum Gasteiger partial charge on any atom is -0.368 e. The number of anilines is 3. The van der Waals surface area contributed by atoms with Gasteiger partial charge in [0.05, 0.1) is 23.8 Å². The number of nitrogens with one attached hydrogen (secondary N) is 1. The monoisotopic (exact) mass is 379 g/mol. The number of nitrogen functional groups attached to an aromatic ring is 1. The number of fused-ring (bicyclic) bond motifs is 1. The van der Waals surface area contributed by atoms with Crippen LogP contribution in [0.4, 0.5) is 17.6 Å². The smallest absolute Gasteiger partial charge is 0.261 e. The Morgan fingerprint density at radius 2 is 1.81 bits per heavy atom. The summed E-state index contributed by atoms with van der Waals surface area (Å²) in [5.41, 5.74) is 7.01. The van der Waals surface area contributed by atoms with Crippen LogP contribution in [0.2, 0.25) is 5.02 Å². The summed E-state index contributed by atoms with van der Waals surface area (Å²) in [4.78, 5) is 29.4. The van der Waals surface area contributed by atoms with Gasteiger partial charge in [0, 0.05) is 10.7 Å². The van der Waals surface area contributed by atoms with Crippen LogP contribution in [0.15, 0.2) is 59.7 Å². The maximum atomic E-state index is 12.6. The standard InChI is InChI=1S/C18H14ClN7O/c19-11-5-7-12(8-6-11)22-18-24-15(23-17(20)25-18)9-26-10-21-14-4-2-1-3-13(14)16(26)27/h1-8,10H,9H2,(H3,20,22,23,24,25). The van der Waals surface area contributed by atoms with E-state index in [-0.39, 0.29) is 24.0 Å². The van der Waals surface area contributed by atoms with Gasteiger partial charge in [0.1, 0.15) is 0 Å². The lowest BCUT2D eigenvalue weighted by Gasteiger charge is -2.09. The summed E-state index contributed by atoms with van der Waals surface area (Å²) in [5, 5.41) is 4.19. The van der Waals surface area contributed by atoms with Gasteiger partial charge in [0.25, 0.3) is 5.56 Å². The van der Waals surface area contributed by atoms with Gasteiger partial charge in [-0.1, -0.05) is 23.7 Å². The van der Waals surface area contributed by atoms with Crippen molar-refractivity contribution in [1.29, 1.82) is 0 Å². The number of benzene rings is 2. The van der Waals surface area contributed by atoms with Gasteiger partial charge >= 0.3 is 0 Å². The van der Waals surface area contributed by atoms with E-state index in [9.17, 15) is 4.79 Å². The zero-order chi connectivity index (χ0) is 18.8. The fourth-order valence-electron chi connectivity index (χ4n) is 2.60. The molecule has 0 aliphatic rings. The van der Waals surface area contributed by atoms with Crippen LogP contribution in [0.3, 0.4) is 0 Å². The summed E-state index contributed by atoms with van der Waals surface area (Å²) in [7, 11) is 0. The SMILES string of the molecule is Nc1nc(Cn2cnc3ccccc3c2=O)nc(Nc2ccc(Cl)cc2)n1. The van der Waals surface area contributed by atoms with Crippen molar-refractivity contribution in [3.8, 4) is 0 Å². The maximum absolute atomic E-state index is 12.6. The molecule has 134 valence electrons. The molecule has 8 nitrogen and oxygen atoms in total. The van der Waals surface area contributed by atoms with E-state index in [2.05, 4.69) is 25.3 Å². The minimum absolute atomic E-state index is 0.0539. The molecule has 0 aliphatic heterocycles. The Bertz CT molecular complexity index is 1170. The number of hydrogen-bond acceptors (Lipinski definition) is 7. The molecular formula is C18H14ClN7O. The summed E-state index contributed by atoms with van der Waals surface area (Å²) in [6, 6.07) is 14.2. The molecule has 0 saturated heterocycles. The number of rotatable bonds is 4. The summed E-state index contributed by atoms with van der Waals surface area (Å²) in [5.74, 6) is 0.679. The van der Waals surface area contributed by atoms with Crippen LogP contribution < -0.4 is 16.6 Å². The highest BCUT2D eigenvalue weighted by Crippen LogP contribution is 2.17. The first-order valence-corrected chi connectivity index (χ1v) is 8.43. The van der Waals surface area contributed by atoms with E-state index in [1.165, 1.54) is 10.9 Å². The quantitative estimate of drug-likeness (QED) is 0.560. The highest BCUT2D eigenvalue weighted by molar-refractivity contribution is 6.30. The molecule has 3 N–H and O–H groups in total. The second kappa shape index (κ2) is 7.00. The van der Waals surface area contributed by atoms with Crippen molar-refractivity contribution in [3.63, 3.8) is 0 Å². The Morgan fingerprint density at radius 3 is 2.63 bits per heavy atom. The average Bonchev–Trinajstić information content (AvgIpc) is 2.66. The molecule has 0 aliphatic carbocycles. The largest absolute Gasteiger partial charge is 0.368 e. The van der Waals surface area contributed by atoms with Crippen LogP contribution in [-0.2, 0) is 6.54 Å². The Morgan fingerprint density at radius 1 is 1.04 bits per heavy atom. The fourth-order valence-corrected chi connectivity index (χ4v) is 2.72. The van der Waals surface area contributed by atoms with Crippen LogP contribution in [0.1, 0.15) is 5.82 Å². The lowest BCUT2D eigenvalue weighted by Crippen LogP contribution is -2.22. The lowest BCUT2D eigenvalue weighted by molar-refractivity contribution is 0.704. The van der Waals surface area contributed by atoms with Crippen LogP contribution in [0.25, 0.3) is 10.9 Å². The third kappa shape index (κ3) is 3.70. The second-order valence-electron chi connectivity index (χ2n) is 5.76. The van der Waals surface area contributed by atoms with Crippen molar-refractivity contribution in [1.82, 2.24) is 24.5 Å². The van der Waals surface area contributed by atoms with E-state index in [1.807, 2.05) is 6.07 Å². The molecule has 0 atom stereocenters. The zero-order valence-electron chi connectivity index (χ0n) is 14.0. The highest BCUT2D eigenvalue weighted by atomic mass is 35.5. The van der Waals surface area contributed by atoms with Crippen molar-refractivity contribution in [2.75, 3.05) is 11.1 Å². The van der Waals surface area contributed by atoms with Crippen molar-refractivity contribution < 1.29 is 0 Å². The molecule has 2 aromatic heterocycles. The normalized spacial score (nSPS) is 10.9. The predicted molar refractivity (Wildman–Crippen MR) is 104 cm³/mol. The van der Waals surface area contributed by atoms with Gasteiger partial charge in [0.2, 0.25) is 11.9 Å². The first-order chi connectivity index (χ1) is 13.1. The zero-order valence-corrected chi connectivity index (χ0v) is 14.8. The Labute approximate surface area is 158 Å². The maximum Gasteiger partial charge on any atom is 0.261 e. The molecule has 0 bridgehead atoms. The Kier molecular flexibility index (Phi) is 4.39. The predicted octanol–water partition coefficient (Wildman–Crippen LogP) is 2.61. The van der Waals surface area contributed by atoms with E-state index in [0.29, 0.717) is 21.7 Å². The first kappa shape index (κ1) is 16.9. The summed E-state index contributed by atoms with van der Waals surface area (Å²) in [6.07, 6.45) is 1.47. The van der Waals surface area contributed by atoms with Crippen molar-refractivity contribution in [2.45, 2.75) is 6.54 Å². The number of para-hydroxylation sites is 1. The number of nitrogens with zero attached hydrogens (tertiary/aromatic N) is 5. The molecule has 4 aromatic rings. The number of hydrogen-bond donors (Lipinski definition) is 2. The van der Waals surface area contributed by atoms with Crippen LogP contribution in [0, 0.1) is 0 Å². The van der Waals surface area contributed by atoms with E-state index < -0.39 is 0 Å². The molecule has 0 saturated carbocycles. The third-order valence-corrected chi connectivity index (χ3v) is 4.09. The summed E-state index contributed by atoms with van der Waals surface area (Å²) in [6.45, 7) is 0.124. The van der Waals surface area contributed by atoms with Gasteiger partial charge in [-0.05, 0) is 36.4 Å². The summed E-state index contributed by atoms with van der Waals surface area (Å²) < 4.78 is 1.43. The van der Waals surface area contributed by atoms with Gasteiger partial charge in [-0.2, -0.15) is 15.0 Å². The lowest BCUT2D eigenvalue weighted by atomic mass is 10.2. The van der Waals surface area contributed by atoms with E-state index >= 15 is 0 Å². The van der Waals surface area contributed by atoms with Crippen LogP contribution in [-0.4, -0.2) is 24.5 Å². The van der Waals surface area contributed by atoms with E-state index in [1.54, 1.807) is 42.5 Å². The molecule has 4 rings (SSSR count). The molecule has 0 spiro atoms. The second-order valence-corrected chi connectivity index (χ2v) is 6.20. The number of halogens is 1. The van der Waals surface area contributed by atoms with E-state index in [4.69, 9.17) is 17.3 Å². The van der Waals surface area contributed by atoms with Gasteiger partial charge < -0.3 is 11.1 Å². The van der Waals surface area contributed by atoms with Crippen molar-refractivity contribution >= 4 is 40.1 Å². The summed E-state index contributed by atoms with van der Waals surface area (Å²) >= 11 is 5.88. The number of aromatic nitrogens is 5. The number of nitrogens with two attached hydrogens (primary N) is 1. The first-order valence-electron chi connectivity index (χ1n) is 8.06. The van der Waals surface area contributed by atoms with Crippen molar-refractivity contribution in [2.24, 2.45) is 0 Å². The van der Waals surface area contributed by atoms with Gasteiger partial charge in [-0.15, -0.1) is 0 Å². The van der Waals surface area contributed by atoms with Gasteiger partial charge in [0.15, 0.2) is 5.82 Å². The van der Waals surface area contributed by atoms with Crippen LogP contribution in [0.5, 0.6) is 0 Å². The average molecular weight is 380 g/mol. The molecule has 0 amide bonds. The molecule has 0 radical (unpaired) electrons. The Hall–Kier alpha value is -3.52. The third-order valence-electron chi connectivity index (χ3n) is 3.84. The fraction of sp³-hybridized carbons (Fsp3) is 0.0556. The Balaban J connectivity index is 1.64. The highest BCUT2D eigenvalue weighted by Gasteiger charge is 2.09.